The summed E-state index contributed by atoms with van der Waals surface area (Å²) in [5.74, 6) is 5.73. The Labute approximate surface area is 120 Å². The Bertz CT molecular complexity index is 675. The highest BCUT2D eigenvalue weighted by Crippen LogP contribution is 2.35. The second kappa shape index (κ2) is 5.31. The summed E-state index contributed by atoms with van der Waals surface area (Å²) in [6, 6.07) is 18.2. The molecule has 4 heteroatoms. The summed E-state index contributed by atoms with van der Waals surface area (Å²) < 4.78 is 1.25. The first kappa shape index (κ1) is 12.6. The van der Waals surface area contributed by atoms with Crippen molar-refractivity contribution in [2.24, 2.45) is 5.84 Å². The molecule has 0 aliphatic rings. The molecular formula is C15H13ClN2S. The molecule has 0 saturated carbocycles. The fraction of sp³-hybridized carbons (Fsp3) is 0.0667. The van der Waals surface area contributed by atoms with Gasteiger partial charge in [-0.15, -0.1) is 11.3 Å². The lowest BCUT2D eigenvalue weighted by Crippen LogP contribution is -2.28. The average molecular weight is 289 g/mol. The Morgan fingerprint density at radius 3 is 2.53 bits per heavy atom. The molecule has 2 nitrogen and oxygen atoms in total. The molecule has 0 saturated heterocycles. The maximum Gasteiger partial charge on any atom is 0.0817 e. The van der Waals surface area contributed by atoms with Gasteiger partial charge < -0.3 is 0 Å². The quantitative estimate of drug-likeness (QED) is 0.562. The van der Waals surface area contributed by atoms with E-state index in [2.05, 4.69) is 23.6 Å². The standard InChI is InChI=1S/C15H13ClN2S/c16-12-7-3-2-6-11(12)15(18-17)14-9-10-5-1-4-8-13(10)19-14/h1-9,15,18H,17H2. The summed E-state index contributed by atoms with van der Waals surface area (Å²) in [7, 11) is 0. The van der Waals surface area contributed by atoms with Gasteiger partial charge in [0.25, 0.3) is 0 Å². The van der Waals surface area contributed by atoms with E-state index in [0.717, 1.165) is 15.5 Å². The Hall–Kier alpha value is -1.39. The van der Waals surface area contributed by atoms with Crippen molar-refractivity contribution in [2.45, 2.75) is 6.04 Å². The molecule has 1 unspecified atom stereocenters. The highest BCUT2D eigenvalue weighted by Gasteiger charge is 2.17. The third-order valence-electron chi connectivity index (χ3n) is 3.11. The van der Waals surface area contributed by atoms with E-state index in [0.29, 0.717) is 0 Å². The molecule has 0 radical (unpaired) electrons. The van der Waals surface area contributed by atoms with Gasteiger partial charge in [-0.2, -0.15) is 0 Å². The summed E-state index contributed by atoms with van der Waals surface area (Å²) in [4.78, 5) is 1.16. The first-order valence-electron chi connectivity index (χ1n) is 5.98. The van der Waals surface area contributed by atoms with Crippen LogP contribution in [0.1, 0.15) is 16.5 Å². The predicted octanol–water partition coefficient (Wildman–Crippen LogP) is 4.11. The zero-order valence-electron chi connectivity index (χ0n) is 10.1. The van der Waals surface area contributed by atoms with Crippen LogP contribution in [0.25, 0.3) is 10.1 Å². The first-order chi connectivity index (χ1) is 9.29. The molecule has 3 aromatic rings. The van der Waals surface area contributed by atoms with Crippen molar-refractivity contribution < 1.29 is 0 Å². The summed E-state index contributed by atoms with van der Waals surface area (Å²) in [6.45, 7) is 0. The summed E-state index contributed by atoms with van der Waals surface area (Å²) in [5.41, 5.74) is 3.86. The molecule has 3 rings (SSSR count). The molecular weight excluding hydrogens is 276 g/mol. The van der Waals surface area contributed by atoms with Crippen molar-refractivity contribution in [1.82, 2.24) is 5.43 Å². The van der Waals surface area contributed by atoms with Crippen molar-refractivity contribution in [3.8, 4) is 0 Å². The number of fused-ring (bicyclic) bond motifs is 1. The second-order valence-electron chi connectivity index (χ2n) is 4.31. The van der Waals surface area contributed by atoms with Gasteiger partial charge in [-0.25, -0.2) is 5.43 Å². The van der Waals surface area contributed by atoms with Crippen LogP contribution in [0.3, 0.4) is 0 Å². The van der Waals surface area contributed by atoms with Gasteiger partial charge in [0.2, 0.25) is 0 Å². The molecule has 96 valence electrons. The SMILES string of the molecule is NNC(c1cc2ccccc2s1)c1ccccc1Cl. The van der Waals surface area contributed by atoms with Crippen LogP contribution in [-0.2, 0) is 0 Å². The van der Waals surface area contributed by atoms with Gasteiger partial charge in [0.15, 0.2) is 0 Å². The van der Waals surface area contributed by atoms with E-state index in [4.69, 9.17) is 17.4 Å². The molecule has 0 spiro atoms. The van der Waals surface area contributed by atoms with Crippen LogP contribution in [-0.4, -0.2) is 0 Å². The second-order valence-corrected chi connectivity index (χ2v) is 5.83. The lowest BCUT2D eigenvalue weighted by atomic mass is 10.1. The van der Waals surface area contributed by atoms with Crippen molar-refractivity contribution in [3.63, 3.8) is 0 Å². The molecule has 1 atom stereocenters. The van der Waals surface area contributed by atoms with Gasteiger partial charge in [-0.1, -0.05) is 48.0 Å². The third kappa shape index (κ3) is 2.38. The number of benzene rings is 2. The molecule has 0 fully saturated rings. The number of nitrogens with one attached hydrogen (secondary N) is 1. The number of halogens is 1. The molecule has 0 amide bonds. The average Bonchev–Trinajstić information content (AvgIpc) is 2.85. The van der Waals surface area contributed by atoms with Gasteiger partial charge in [-0.3, -0.25) is 5.84 Å². The van der Waals surface area contributed by atoms with Crippen molar-refractivity contribution in [2.75, 3.05) is 0 Å². The van der Waals surface area contributed by atoms with E-state index >= 15 is 0 Å². The smallest absolute Gasteiger partial charge is 0.0817 e. The summed E-state index contributed by atoms with van der Waals surface area (Å²) >= 11 is 7.99. The van der Waals surface area contributed by atoms with Crippen LogP contribution >= 0.6 is 22.9 Å². The highest BCUT2D eigenvalue weighted by atomic mass is 35.5. The van der Waals surface area contributed by atoms with Gasteiger partial charge >= 0.3 is 0 Å². The summed E-state index contributed by atoms with van der Waals surface area (Å²) in [5, 5.41) is 1.96. The third-order valence-corrected chi connectivity index (χ3v) is 4.64. The maximum absolute atomic E-state index is 6.26. The van der Waals surface area contributed by atoms with Gasteiger partial charge in [0.1, 0.15) is 0 Å². The van der Waals surface area contributed by atoms with E-state index in [1.165, 1.54) is 10.1 Å². The van der Waals surface area contributed by atoms with E-state index in [1.807, 2.05) is 36.4 Å². The van der Waals surface area contributed by atoms with E-state index < -0.39 is 0 Å². The normalized spacial score (nSPS) is 12.7. The fourth-order valence-corrected chi connectivity index (χ4v) is 3.57. The topological polar surface area (TPSA) is 38.0 Å². The Morgan fingerprint density at radius 1 is 1.05 bits per heavy atom. The molecule has 19 heavy (non-hydrogen) atoms. The minimum absolute atomic E-state index is 0.0777. The number of hydrazine groups is 1. The van der Waals surface area contributed by atoms with Crippen molar-refractivity contribution in [3.05, 3.63) is 70.1 Å². The first-order valence-corrected chi connectivity index (χ1v) is 7.18. The molecule has 0 aliphatic carbocycles. The number of nitrogens with two attached hydrogens (primary N) is 1. The molecule has 1 aromatic heterocycles. The largest absolute Gasteiger partial charge is 0.271 e. The number of hydrogen-bond acceptors (Lipinski definition) is 3. The molecule has 2 aromatic carbocycles. The fourth-order valence-electron chi connectivity index (χ4n) is 2.18. The molecule has 0 bridgehead atoms. The van der Waals surface area contributed by atoms with Gasteiger partial charge in [-0.05, 0) is 29.1 Å². The van der Waals surface area contributed by atoms with Crippen LogP contribution in [0.5, 0.6) is 0 Å². The zero-order chi connectivity index (χ0) is 13.2. The van der Waals surface area contributed by atoms with E-state index in [1.54, 1.807) is 11.3 Å². The Balaban J connectivity index is 2.09. The Morgan fingerprint density at radius 2 is 1.79 bits per heavy atom. The number of thiophene rings is 1. The monoisotopic (exact) mass is 288 g/mol. The molecule has 3 N–H and O–H groups in total. The van der Waals surface area contributed by atoms with Gasteiger partial charge in [0.05, 0.1) is 6.04 Å². The minimum Gasteiger partial charge on any atom is -0.271 e. The number of hydrogen-bond donors (Lipinski definition) is 2. The maximum atomic E-state index is 6.26. The lowest BCUT2D eigenvalue weighted by Gasteiger charge is -2.15. The van der Waals surface area contributed by atoms with Crippen LogP contribution in [0, 0.1) is 0 Å². The minimum atomic E-state index is -0.0777. The molecule has 1 heterocycles. The predicted molar refractivity (Wildman–Crippen MR) is 82.4 cm³/mol. The Kier molecular flexibility index (Phi) is 3.53. The van der Waals surface area contributed by atoms with Gasteiger partial charge in [0, 0.05) is 14.6 Å². The molecule has 0 aliphatic heterocycles. The van der Waals surface area contributed by atoms with Crippen LogP contribution in [0.4, 0.5) is 0 Å². The highest BCUT2D eigenvalue weighted by molar-refractivity contribution is 7.19. The lowest BCUT2D eigenvalue weighted by molar-refractivity contribution is 0.647. The van der Waals surface area contributed by atoms with Crippen molar-refractivity contribution in [1.29, 1.82) is 0 Å². The van der Waals surface area contributed by atoms with E-state index in [9.17, 15) is 0 Å². The zero-order valence-corrected chi connectivity index (χ0v) is 11.7. The van der Waals surface area contributed by atoms with Crippen LogP contribution in [0.15, 0.2) is 54.6 Å². The van der Waals surface area contributed by atoms with Crippen LogP contribution < -0.4 is 11.3 Å². The van der Waals surface area contributed by atoms with Crippen molar-refractivity contribution >= 4 is 33.0 Å². The number of rotatable bonds is 3. The van der Waals surface area contributed by atoms with E-state index in [-0.39, 0.29) is 6.04 Å². The van der Waals surface area contributed by atoms with Crippen LogP contribution in [0.2, 0.25) is 5.02 Å². The summed E-state index contributed by atoms with van der Waals surface area (Å²) in [6.07, 6.45) is 0.